The first-order valence-corrected chi connectivity index (χ1v) is 19.3. The highest BCUT2D eigenvalue weighted by Gasteiger charge is 2.54. The van der Waals surface area contributed by atoms with Gasteiger partial charge in [-0.2, -0.15) is 11.8 Å². The second-order valence-corrected chi connectivity index (χ2v) is 14.6. The van der Waals surface area contributed by atoms with Gasteiger partial charge in [0.25, 0.3) is 10.9 Å². The van der Waals surface area contributed by atoms with Crippen LogP contribution in [0.15, 0.2) is 9.59 Å². The SMILES string of the molecule is CCOc1c(NCCSCCCO[C@@H]2O[C@H](CO[C@@H]3O[C@H](CO)[C@H](O)[C@H](O)[C@H]3NC(C)=O)[C@H](O)[C@H](O[C@@H]3O[C@H](C(=O)O)[C@@H](O)[C@H](O)[C@H]3O)[C@H]2NC(C)=O)c(=O)c1=O. The lowest BCUT2D eigenvalue weighted by molar-refractivity contribution is -0.345. The molecule has 0 aromatic heterocycles. The number of carbonyl (C=O) groups excluding carboxylic acids is 2. The third-order valence-corrected chi connectivity index (χ3v) is 10.3. The third kappa shape index (κ3) is 11.4. The molecule has 0 radical (unpaired) electrons. The average Bonchev–Trinajstić information content (AvgIpc) is 3.16. The molecule has 3 aliphatic heterocycles. The molecule has 15 atom stereocenters. The van der Waals surface area contributed by atoms with Crippen LogP contribution < -0.4 is 31.5 Å². The second kappa shape index (κ2) is 21.3. The number of nitrogens with one attached hydrogen (secondary N) is 3. The number of thioether (sulfide) groups is 1. The van der Waals surface area contributed by atoms with Crippen molar-refractivity contribution in [1.82, 2.24) is 10.6 Å². The van der Waals surface area contributed by atoms with Crippen molar-refractivity contribution < 1.29 is 88.4 Å². The minimum absolute atomic E-state index is 0.00259. The Morgan fingerprint density at radius 2 is 1.40 bits per heavy atom. The molecule has 23 nitrogen and oxygen atoms in total. The molecule has 0 bridgehead atoms. The molecule has 0 spiro atoms. The van der Waals surface area contributed by atoms with Crippen molar-refractivity contribution in [2.24, 2.45) is 0 Å². The summed E-state index contributed by atoms with van der Waals surface area (Å²) in [5.74, 6) is -1.96. The van der Waals surface area contributed by atoms with Crippen LogP contribution in [0.4, 0.5) is 5.69 Å². The van der Waals surface area contributed by atoms with Crippen molar-refractivity contribution in [3.8, 4) is 5.75 Å². The number of carboxylic acid groups (broad SMARTS) is 1. The summed E-state index contributed by atoms with van der Waals surface area (Å²) in [4.78, 5) is 59.6. The minimum atomic E-state index is -2.07. The van der Waals surface area contributed by atoms with Crippen molar-refractivity contribution >= 4 is 35.2 Å². The first kappa shape index (κ1) is 46.6. The van der Waals surface area contributed by atoms with Crippen LogP contribution in [0.3, 0.4) is 0 Å². The summed E-state index contributed by atoms with van der Waals surface area (Å²) in [5, 5.41) is 91.0. The molecule has 3 fully saturated rings. The van der Waals surface area contributed by atoms with E-state index in [1.807, 2.05) is 0 Å². The topological polar surface area (TPSA) is 348 Å². The normalized spacial score (nSPS) is 35.7. The smallest absolute Gasteiger partial charge is 0.335 e. The van der Waals surface area contributed by atoms with Crippen molar-refractivity contribution in [3.63, 3.8) is 0 Å². The van der Waals surface area contributed by atoms with Gasteiger partial charge < -0.3 is 90.0 Å². The summed E-state index contributed by atoms with van der Waals surface area (Å²) < 4.78 is 39.7. The van der Waals surface area contributed by atoms with E-state index in [9.17, 15) is 64.8 Å². The van der Waals surface area contributed by atoms with Crippen LogP contribution in [0, 0.1) is 0 Å². The number of hydrogen-bond donors (Lipinski definition) is 11. The predicted molar refractivity (Wildman–Crippen MR) is 192 cm³/mol. The van der Waals surface area contributed by atoms with Crippen LogP contribution in [-0.2, 0) is 42.8 Å². The molecule has 0 aliphatic carbocycles. The Balaban J connectivity index is 1.48. The van der Waals surface area contributed by atoms with Crippen LogP contribution in [0.25, 0.3) is 0 Å². The van der Waals surface area contributed by atoms with Gasteiger partial charge in [0.05, 0.1) is 26.4 Å². The summed E-state index contributed by atoms with van der Waals surface area (Å²) in [6.07, 6.45) is -22.4. The van der Waals surface area contributed by atoms with Crippen molar-refractivity contribution in [2.75, 3.05) is 49.8 Å². The van der Waals surface area contributed by atoms with E-state index in [1.165, 1.54) is 11.8 Å². The molecule has 57 heavy (non-hydrogen) atoms. The molecule has 0 saturated carbocycles. The van der Waals surface area contributed by atoms with Crippen molar-refractivity contribution in [1.29, 1.82) is 0 Å². The number of aliphatic hydroxyl groups excluding tert-OH is 7. The molecule has 2 amide bonds. The van der Waals surface area contributed by atoms with Crippen molar-refractivity contribution in [2.45, 2.75) is 119 Å². The third-order valence-electron chi connectivity index (χ3n) is 9.24. The van der Waals surface area contributed by atoms with Crippen molar-refractivity contribution in [3.05, 3.63) is 20.4 Å². The number of hydrogen-bond acceptors (Lipinski definition) is 21. The fraction of sp³-hybridized carbons (Fsp3) is 0.788. The highest BCUT2D eigenvalue weighted by molar-refractivity contribution is 7.99. The van der Waals surface area contributed by atoms with Crippen LogP contribution in [0.2, 0.25) is 0 Å². The highest BCUT2D eigenvalue weighted by Crippen LogP contribution is 2.31. The lowest BCUT2D eigenvalue weighted by Crippen LogP contribution is -2.69. The largest absolute Gasteiger partial charge is 0.488 e. The fourth-order valence-corrected chi connectivity index (χ4v) is 7.17. The zero-order valence-corrected chi connectivity index (χ0v) is 32.0. The van der Waals surface area contributed by atoms with Gasteiger partial charge in [0.2, 0.25) is 11.8 Å². The molecule has 1 aromatic rings. The average molecular weight is 842 g/mol. The Morgan fingerprint density at radius 1 is 0.754 bits per heavy atom. The van der Waals surface area contributed by atoms with Gasteiger partial charge in [-0.05, 0) is 19.1 Å². The summed E-state index contributed by atoms with van der Waals surface area (Å²) in [6.45, 7) is 3.13. The number of aliphatic carboxylic acids is 1. The number of amides is 2. The molecule has 0 unspecified atom stereocenters. The first-order valence-electron chi connectivity index (χ1n) is 18.1. The highest BCUT2D eigenvalue weighted by atomic mass is 32.2. The number of carboxylic acids is 1. The Labute approximate surface area is 329 Å². The van der Waals surface area contributed by atoms with Gasteiger partial charge in [-0.15, -0.1) is 0 Å². The molecular formula is C33H51N3O20S. The van der Waals surface area contributed by atoms with Gasteiger partial charge in [-0.1, -0.05) is 0 Å². The Morgan fingerprint density at radius 3 is 2.04 bits per heavy atom. The molecule has 3 heterocycles. The molecule has 1 aromatic carbocycles. The van der Waals surface area contributed by atoms with Gasteiger partial charge in [0, 0.05) is 26.1 Å². The van der Waals surface area contributed by atoms with Gasteiger partial charge in [0.1, 0.15) is 72.7 Å². The lowest BCUT2D eigenvalue weighted by Gasteiger charge is -2.48. The van der Waals surface area contributed by atoms with Gasteiger partial charge >= 0.3 is 5.97 Å². The van der Waals surface area contributed by atoms with E-state index in [2.05, 4.69) is 16.0 Å². The molecule has 3 aliphatic rings. The standard InChI is InChI=1S/C33H51N3O20S/c1-4-50-27-16(21(42)24(27)45)34-6-9-57-8-5-7-51-32-18(36-13(3)39)28(55-33-26(47)23(44)25(46)29(56-33)30(48)49)20(41)15(54-32)11-52-31-17(35-12(2)38)22(43)19(40)14(10-37)53-31/h14-15,17-20,22-23,25-26,28-29,31-34,37,40-41,43-44,46-47H,4-11H2,1-3H3,(H,35,38)(H,36,39)(H,48,49)/t14-,15-,17-,18-,19+,20+,22-,23+,25+,26-,28-,29+,31-,32-,33-/m1/s1. The maximum absolute atomic E-state index is 12.4. The molecule has 3 saturated heterocycles. The number of aliphatic hydroxyl groups is 7. The van der Waals surface area contributed by atoms with E-state index < -0.39 is 134 Å². The molecule has 4 rings (SSSR count). The maximum atomic E-state index is 12.4. The van der Waals surface area contributed by atoms with Crippen LogP contribution in [0.5, 0.6) is 5.75 Å². The van der Waals surface area contributed by atoms with E-state index in [4.69, 9.17) is 33.2 Å². The summed E-state index contributed by atoms with van der Waals surface area (Å²) in [7, 11) is 0. The molecular weight excluding hydrogens is 790 g/mol. The summed E-state index contributed by atoms with van der Waals surface area (Å²) in [6, 6.07) is -2.76. The predicted octanol–water partition coefficient (Wildman–Crippen LogP) is -5.94. The van der Waals surface area contributed by atoms with Gasteiger partial charge in [0.15, 0.2) is 30.7 Å². The van der Waals surface area contributed by atoms with Gasteiger partial charge in [-0.25, -0.2) is 4.79 Å². The number of ether oxygens (including phenoxy) is 7. The van der Waals surface area contributed by atoms with E-state index >= 15 is 0 Å². The number of anilines is 1. The molecule has 11 N–H and O–H groups in total. The number of rotatable bonds is 20. The Kier molecular flexibility index (Phi) is 17.4. The van der Waals surface area contributed by atoms with Crippen LogP contribution in [-0.4, -0.2) is 195 Å². The van der Waals surface area contributed by atoms with E-state index in [1.54, 1.807) is 6.92 Å². The Bertz CT molecular complexity index is 1560. The van der Waals surface area contributed by atoms with Crippen LogP contribution >= 0.6 is 11.8 Å². The fourth-order valence-electron chi connectivity index (χ4n) is 6.39. The zero-order valence-electron chi connectivity index (χ0n) is 31.2. The maximum Gasteiger partial charge on any atom is 0.335 e. The van der Waals surface area contributed by atoms with E-state index in [-0.39, 0.29) is 24.7 Å². The van der Waals surface area contributed by atoms with Gasteiger partial charge in [-0.3, -0.25) is 19.2 Å². The Hall–Kier alpha value is -3.08. The second-order valence-electron chi connectivity index (χ2n) is 13.4. The zero-order chi connectivity index (χ0) is 42.1. The molecule has 324 valence electrons. The van der Waals surface area contributed by atoms with E-state index in [0.29, 0.717) is 24.5 Å². The lowest BCUT2D eigenvalue weighted by atomic mass is 9.95. The monoisotopic (exact) mass is 841 g/mol. The first-order chi connectivity index (χ1) is 27.0. The summed E-state index contributed by atoms with van der Waals surface area (Å²) >= 11 is 1.47. The van der Waals surface area contributed by atoms with Crippen LogP contribution in [0.1, 0.15) is 27.2 Å². The minimum Gasteiger partial charge on any atom is -0.488 e. The summed E-state index contributed by atoms with van der Waals surface area (Å²) in [5.41, 5.74) is -1.21. The van der Waals surface area contributed by atoms with E-state index in [0.717, 1.165) is 13.8 Å². The quantitative estimate of drug-likeness (QED) is 0.0430. The number of carbonyl (C=O) groups is 3. The molecule has 24 heteroatoms.